The standard InChI is InChI=1S/C11H15N7O/c1-6-8(4-13-11(12)17-6)10(19)16-7(2)9-14-5-15-18(9)3/h4-5,7H,1-3H3,(H,16,19)(H2,12,13,17)/t7-/m1/s1. The van der Waals surface area contributed by atoms with Crippen molar-refractivity contribution in [1.82, 2.24) is 30.0 Å². The summed E-state index contributed by atoms with van der Waals surface area (Å²) >= 11 is 0. The lowest BCUT2D eigenvalue weighted by Gasteiger charge is -2.13. The van der Waals surface area contributed by atoms with Crippen LogP contribution in [0.3, 0.4) is 0 Å². The molecule has 0 bridgehead atoms. The molecule has 0 fully saturated rings. The smallest absolute Gasteiger partial charge is 0.255 e. The van der Waals surface area contributed by atoms with Gasteiger partial charge in [-0.3, -0.25) is 9.48 Å². The van der Waals surface area contributed by atoms with Gasteiger partial charge in [0.05, 0.1) is 17.3 Å². The Balaban J connectivity index is 2.15. The number of hydrogen-bond donors (Lipinski definition) is 2. The first kappa shape index (κ1) is 12.9. The van der Waals surface area contributed by atoms with Gasteiger partial charge in [0, 0.05) is 13.2 Å². The van der Waals surface area contributed by atoms with Crippen LogP contribution < -0.4 is 11.1 Å². The molecule has 1 atom stereocenters. The second kappa shape index (κ2) is 5.01. The van der Waals surface area contributed by atoms with Crippen molar-refractivity contribution < 1.29 is 4.79 Å². The van der Waals surface area contributed by atoms with Crippen LogP contribution in [0.5, 0.6) is 0 Å². The lowest BCUT2D eigenvalue weighted by Crippen LogP contribution is -2.29. The minimum Gasteiger partial charge on any atom is -0.368 e. The fourth-order valence-corrected chi connectivity index (χ4v) is 1.74. The topological polar surface area (TPSA) is 112 Å². The molecule has 2 aromatic rings. The maximum absolute atomic E-state index is 12.1. The molecule has 1 amide bonds. The van der Waals surface area contributed by atoms with Gasteiger partial charge in [-0.2, -0.15) is 5.10 Å². The first-order chi connectivity index (χ1) is 8.99. The molecule has 2 heterocycles. The average Bonchev–Trinajstić information content (AvgIpc) is 2.75. The van der Waals surface area contributed by atoms with Gasteiger partial charge in [0.25, 0.3) is 5.91 Å². The first-order valence-corrected chi connectivity index (χ1v) is 5.73. The largest absolute Gasteiger partial charge is 0.368 e. The van der Waals surface area contributed by atoms with Crippen molar-refractivity contribution in [3.63, 3.8) is 0 Å². The summed E-state index contributed by atoms with van der Waals surface area (Å²) < 4.78 is 1.61. The van der Waals surface area contributed by atoms with Gasteiger partial charge in [-0.25, -0.2) is 15.0 Å². The molecule has 0 spiro atoms. The van der Waals surface area contributed by atoms with Crippen LogP contribution in [0.25, 0.3) is 0 Å². The van der Waals surface area contributed by atoms with Crippen LogP contribution in [0.1, 0.15) is 34.8 Å². The van der Waals surface area contributed by atoms with E-state index in [0.717, 1.165) is 0 Å². The van der Waals surface area contributed by atoms with Crippen LogP contribution in [-0.2, 0) is 7.05 Å². The van der Waals surface area contributed by atoms with Crippen molar-refractivity contribution >= 4 is 11.9 Å². The minimum atomic E-state index is -0.270. The summed E-state index contributed by atoms with van der Waals surface area (Å²) in [7, 11) is 1.77. The predicted octanol–water partition coefficient (Wildman–Crippen LogP) is -0.0133. The van der Waals surface area contributed by atoms with Crippen LogP contribution in [0.2, 0.25) is 0 Å². The second-order valence-electron chi connectivity index (χ2n) is 4.16. The van der Waals surface area contributed by atoms with E-state index in [4.69, 9.17) is 5.73 Å². The Morgan fingerprint density at radius 1 is 1.47 bits per heavy atom. The van der Waals surface area contributed by atoms with Gasteiger partial charge < -0.3 is 11.1 Å². The molecule has 2 rings (SSSR count). The van der Waals surface area contributed by atoms with Crippen LogP contribution >= 0.6 is 0 Å². The second-order valence-corrected chi connectivity index (χ2v) is 4.16. The molecule has 3 N–H and O–H groups in total. The van der Waals surface area contributed by atoms with Crippen molar-refractivity contribution in [1.29, 1.82) is 0 Å². The maximum atomic E-state index is 12.1. The van der Waals surface area contributed by atoms with Gasteiger partial charge in [-0.15, -0.1) is 0 Å². The molecule has 0 saturated heterocycles. The quantitative estimate of drug-likeness (QED) is 0.803. The molecule has 0 radical (unpaired) electrons. The zero-order chi connectivity index (χ0) is 14.0. The monoisotopic (exact) mass is 261 g/mol. The number of anilines is 1. The van der Waals surface area contributed by atoms with E-state index in [9.17, 15) is 4.79 Å². The molecule has 100 valence electrons. The highest BCUT2D eigenvalue weighted by Gasteiger charge is 2.17. The number of aromatic nitrogens is 5. The van der Waals surface area contributed by atoms with Gasteiger partial charge in [-0.1, -0.05) is 0 Å². The van der Waals surface area contributed by atoms with Crippen molar-refractivity contribution in [3.8, 4) is 0 Å². The van der Waals surface area contributed by atoms with Crippen molar-refractivity contribution in [2.75, 3.05) is 5.73 Å². The zero-order valence-corrected chi connectivity index (χ0v) is 11.0. The number of carbonyl (C=O) groups is 1. The number of carbonyl (C=O) groups excluding carboxylic acids is 1. The van der Waals surface area contributed by atoms with E-state index < -0.39 is 0 Å². The van der Waals surface area contributed by atoms with E-state index >= 15 is 0 Å². The van der Waals surface area contributed by atoms with Crippen LogP contribution in [-0.4, -0.2) is 30.6 Å². The van der Waals surface area contributed by atoms with E-state index in [2.05, 4.69) is 25.4 Å². The third-order valence-electron chi connectivity index (χ3n) is 2.72. The van der Waals surface area contributed by atoms with Gasteiger partial charge in [-0.05, 0) is 13.8 Å². The normalized spacial score (nSPS) is 12.2. The first-order valence-electron chi connectivity index (χ1n) is 5.73. The van der Waals surface area contributed by atoms with Crippen LogP contribution in [0, 0.1) is 6.92 Å². The number of nitrogen functional groups attached to an aromatic ring is 1. The maximum Gasteiger partial charge on any atom is 0.255 e. The van der Waals surface area contributed by atoms with Gasteiger partial charge >= 0.3 is 0 Å². The highest BCUT2D eigenvalue weighted by Crippen LogP contribution is 2.10. The summed E-state index contributed by atoms with van der Waals surface area (Å²) in [5.74, 6) is 0.547. The van der Waals surface area contributed by atoms with E-state index in [1.807, 2.05) is 6.92 Å². The SMILES string of the molecule is Cc1nc(N)ncc1C(=O)N[C@H](C)c1ncnn1C. The molecule has 19 heavy (non-hydrogen) atoms. The highest BCUT2D eigenvalue weighted by atomic mass is 16.1. The fraction of sp³-hybridized carbons (Fsp3) is 0.364. The van der Waals surface area contributed by atoms with Gasteiger partial charge in [0.1, 0.15) is 12.2 Å². The summed E-state index contributed by atoms with van der Waals surface area (Å²) in [6.07, 6.45) is 2.85. The Morgan fingerprint density at radius 2 is 2.21 bits per heavy atom. The molecular weight excluding hydrogens is 246 g/mol. The third kappa shape index (κ3) is 2.67. The summed E-state index contributed by atoms with van der Waals surface area (Å²) in [4.78, 5) is 24.0. The fourth-order valence-electron chi connectivity index (χ4n) is 1.74. The van der Waals surface area contributed by atoms with E-state index in [1.165, 1.54) is 12.5 Å². The van der Waals surface area contributed by atoms with E-state index in [-0.39, 0.29) is 17.9 Å². The molecule has 0 aliphatic carbocycles. The number of aryl methyl sites for hydroxylation is 2. The van der Waals surface area contributed by atoms with Gasteiger partial charge in [0.2, 0.25) is 5.95 Å². The number of amides is 1. The summed E-state index contributed by atoms with van der Waals surface area (Å²) in [6.45, 7) is 3.54. The Hall–Kier alpha value is -2.51. The van der Waals surface area contributed by atoms with Gasteiger partial charge in [0.15, 0.2) is 0 Å². The highest BCUT2D eigenvalue weighted by molar-refractivity contribution is 5.95. The molecule has 0 unspecified atom stereocenters. The van der Waals surface area contributed by atoms with Crippen molar-refractivity contribution in [2.45, 2.75) is 19.9 Å². The Morgan fingerprint density at radius 3 is 2.79 bits per heavy atom. The number of nitrogens with two attached hydrogens (primary N) is 1. The van der Waals surface area contributed by atoms with E-state index in [1.54, 1.807) is 18.7 Å². The molecule has 8 heteroatoms. The molecule has 8 nitrogen and oxygen atoms in total. The summed E-state index contributed by atoms with van der Waals surface area (Å²) in [5.41, 5.74) is 6.38. The summed E-state index contributed by atoms with van der Waals surface area (Å²) in [5, 5.41) is 6.78. The Labute approximate surface area is 110 Å². The summed E-state index contributed by atoms with van der Waals surface area (Å²) in [6, 6.07) is -0.267. The number of nitrogens with zero attached hydrogens (tertiary/aromatic N) is 5. The predicted molar refractivity (Wildman–Crippen MR) is 68.1 cm³/mol. The zero-order valence-electron chi connectivity index (χ0n) is 11.0. The Bertz CT molecular complexity index is 607. The molecular formula is C11H15N7O. The van der Waals surface area contributed by atoms with Crippen LogP contribution in [0.15, 0.2) is 12.5 Å². The lowest BCUT2D eigenvalue weighted by molar-refractivity contribution is 0.0936. The molecule has 0 aliphatic rings. The molecule has 0 saturated carbocycles. The van der Waals surface area contributed by atoms with Crippen LogP contribution in [0.4, 0.5) is 5.95 Å². The average molecular weight is 261 g/mol. The number of rotatable bonds is 3. The van der Waals surface area contributed by atoms with E-state index in [0.29, 0.717) is 17.1 Å². The third-order valence-corrected chi connectivity index (χ3v) is 2.72. The number of nitrogens with one attached hydrogen (secondary N) is 1. The molecule has 2 aromatic heterocycles. The molecule has 0 aromatic carbocycles. The lowest BCUT2D eigenvalue weighted by atomic mass is 10.2. The molecule has 0 aliphatic heterocycles. The Kier molecular flexibility index (Phi) is 3.41. The minimum absolute atomic E-state index is 0.149. The number of hydrogen-bond acceptors (Lipinski definition) is 6. The van der Waals surface area contributed by atoms with Crippen molar-refractivity contribution in [3.05, 3.63) is 29.6 Å². The van der Waals surface area contributed by atoms with Crippen molar-refractivity contribution in [2.24, 2.45) is 7.05 Å².